The van der Waals surface area contributed by atoms with Gasteiger partial charge in [-0.2, -0.15) is 0 Å². The highest BCUT2D eigenvalue weighted by Crippen LogP contribution is 2.15. The molecule has 0 atom stereocenters. The predicted octanol–water partition coefficient (Wildman–Crippen LogP) is 1.63. The molecule has 1 aromatic heterocycles. The van der Waals surface area contributed by atoms with E-state index in [1.807, 2.05) is 12.3 Å². The number of thioether (sulfide) groups is 1. The normalized spacial score (nSPS) is 10.8. The molecule has 1 aromatic rings. The Morgan fingerprint density at radius 1 is 1.44 bits per heavy atom. The zero-order chi connectivity index (χ0) is 12.0. The molecule has 0 saturated carbocycles. The largest absolute Gasteiger partial charge is 0.358 e. The minimum absolute atomic E-state index is 0.528. The smallest absolute Gasteiger partial charge is 0.132 e. The number of hydrogen-bond acceptors (Lipinski definition) is 5. The molecule has 1 N–H and O–H groups in total. The summed E-state index contributed by atoms with van der Waals surface area (Å²) in [5.41, 5.74) is 0. The molecule has 0 unspecified atom stereocenters. The van der Waals surface area contributed by atoms with E-state index in [-0.39, 0.29) is 0 Å². The van der Waals surface area contributed by atoms with Crippen molar-refractivity contribution in [2.75, 3.05) is 31.3 Å². The van der Waals surface area contributed by atoms with E-state index in [0.717, 1.165) is 23.9 Å². The van der Waals surface area contributed by atoms with Crippen molar-refractivity contribution in [1.29, 1.82) is 0 Å². The molecule has 0 radical (unpaired) electrons. The minimum atomic E-state index is 0.528. The second-order valence-electron chi connectivity index (χ2n) is 3.95. The molecule has 0 amide bonds. The summed E-state index contributed by atoms with van der Waals surface area (Å²) in [5, 5.41) is 4.39. The zero-order valence-corrected chi connectivity index (χ0v) is 11.2. The Hall–Kier alpha value is -0.810. The number of likely N-dealkylation sites (N-methyl/N-ethyl adjacent to an activating group) is 1. The summed E-state index contributed by atoms with van der Waals surface area (Å²) < 4.78 is 0. The molecule has 0 saturated heterocycles. The van der Waals surface area contributed by atoms with E-state index in [9.17, 15) is 0 Å². The van der Waals surface area contributed by atoms with Crippen LogP contribution in [0.5, 0.6) is 0 Å². The van der Waals surface area contributed by atoms with Crippen LogP contribution < -0.4 is 10.2 Å². The second-order valence-corrected chi connectivity index (χ2v) is 4.78. The number of nitrogens with one attached hydrogen (secondary N) is 1. The van der Waals surface area contributed by atoms with Gasteiger partial charge in [-0.3, -0.25) is 0 Å². The molecular weight excluding hydrogens is 220 g/mol. The molecule has 1 heterocycles. The van der Waals surface area contributed by atoms with Crippen molar-refractivity contribution >= 4 is 17.6 Å². The molecule has 0 fully saturated rings. The van der Waals surface area contributed by atoms with Crippen molar-refractivity contribution < 1.29 is 0 Å². The molecule has 0 bridgehead atoms. The summed E-state index contributed by atoms with van der Waals surface area (Å²) in [7, 11) is 2.05. The van der Waals surface area contributed by atoms with Crippen LogP contribution in [0, 0.1) is 0 Å². The highest BCUT2D eigenvalue weighted by molar-refractivity contribution is 7.98. The first-order chi connectivity index (χ1) is 7.63. The predicted molar refractivity (Wildman–Crippen MR) is 70.2 cm³/mol. The maximum atomic E-state index is 4.26. The van der Waals surface area contributed by atoms with Crippen molar-refractivity contribution in [3.8, 4) is 0 Å². The van der Waals surface area contributed by atoms with Crippen molar-refractivity contribution in [2.45, 2.75) is 24.9 Å². The first-order valence-corrected chi connectivity index (χ1v) is 6.66. The van der Waals surface area contributed by atoms with Crippen molar-refractivity contribution in [2.24, 2.45) is 0 Å². The third-order valence-electron chi connectivity index (χ3n) is 2.23. The molecule has 4 nitrogen and oxygen atoms in total. The molecule has 0 spiro atoms. The molecule has 16 heavy (non-hydrogen) atoms. The highest BCUT2D eigenvalue weighted by atomic mass is 32.2. The summed E-state index contributed by atoms with van der Waals surface area (Å²) in [6, 6.07) is 2.54. The van der Waals surface area contributed by atoms with Gasteiger partial charge in [0.2, 0.25) is 0 Å². The lowest BCUT2D eigenvalue weighted by Gasteiger charge is -2.19. The highest BCUT2D eigenvalue weighted by Gasteiger charge is 2.03. The molecule has 0 aliphatic carbocycles. The first-order valence-electron chi connectivity index (χ1n) is 5.44. The first kappa shape index (κ1) is 13.3. The van der Waals surface area contributed by atoms with Gasteiger partial charge in [0.1, 0.15) is 17.2 Å². The second kappa shape index (κ2) is 6.70. The van der Waals surface area contributed by atoms with E-state index in [0.29, 0.717) is 6.04 Å². The van der Waals surface area contributed by atoms with E-state index in [1.165, 1.54) is 0 Å². The third kappa shape index (κ3) is 4.37. The monoisotopic (exact) mass is 240 g/mol. The van der Waals surface area contributed by atoms with E-state index in [4.69, 9.17) is 0 Å². The Kier molecular flexibility index (Phi) is 5.55. The Balaban J connectivity index is 2.48. The van der Waals surface area contributed by atoms with Crippen LogP contribution in [-0.2, 0) is 0 Å². The lowest BCUT2D eigenvalue weighted by atomic mass is 10.4. The molecule has 0 aliphatic heterocycles. The fourth-order valence-corrected chi connectivity index (χ4v) is 1.66. The van der Waals surface area contributed by atoms with Gasteiger partial charge in [0.25, 0.3) is 0 Å². The van der Waals surface area contributed by atoms with Crippen LogP contribution in [0.4, 0.5) is 5.82 Å². The Bertz CT molecular complexity index is 317. The van der Waals surface area contributed by atoms with Gasteiger partial charge >= 0.3 is 0 Å². The lowest BCUT2D eigenvalue weighted by molar-refractivity contribution is 0.588. The van der Waals surface area contributed by atoms with Crippen LogP contribution in [-0.4, -0.2) is 42.4 Å². The van der Waals surface area contributed by atoms with Crippen molar-refractivity contribution in [3.05, 3.63) is 12.4 Å². The van der Waals surface area contributed by atoms with Crippen LogP contribution in [0.2, 0.25) is 0 Å². The maximum absolute atomic E-state index is 4.26. The van der Waals surface area contributed by atoms with E-state index in [1.54, 1.807) is 18.1 Å². The molecular formula is C11H20N4S. The molecule has 90 valence electrons. The number of anilines is 1. The van der Waals surface area contributed by atoms with Crippen molar-refractivity contribution in [1.82, 2.24) is 15.3 Å². The number of rotatable bonds is 6. The number of aromatic nitrogens is 2. The summed E-state index contributed by atoms with van der Waals surface area (Å²) >= 11 is 1.64. The Morgan fingerprint density at radius 2 is 2.19 bits per heavy atom. The quantitative estimate of drug-likeness (QED) is 0.604. The molecule has 1 rings (SSSR count). The average molecular weight is 240 g/mol. The minimum Gasteiger partial charge on any atom is -0.358 e. The molecule has 0 aromatic carbocycles. The summed E-state index contributed by atoms with van der Waals surface area (Å²) in [4.78, 5) is 10.6. The van der Waals surface area contributed by atoms with Crippen LogP contribution in [0.3, 0.4) is 0 Å². The summed E-state index contributed by atoms with van der Waals surface area (Å²) in [6.45, 7) is 6.21. The lowest BCUT2D eigenvalue weighted by Crippen LogP contribution is -2.33. The van der Waals surface area contributed by atoms with Crippen LogP contribution in [0.1, 0.15) is 13.8 Å². The van der Waals surface area contributed by atoms with Gasteiger partial charge in [0, 0.05) is 32.2 Å². The third-order valence-corrected chi connectivity index (χ3v) is 2.87. The Morgan fingerprint density at radius 3 is 2.81 bits per heavy atom. The van der Waals surface area contributed by atoms with Crippen molar-refractivity contribution in [3.63, 3.8) is 0 Å². The van der Waals surface area contributed by atoms with Crippen LogP contribution >= 0.6 is 11.8 Å². The van der Waals surface area contributed by atoms with Gasteiger partial charge in [-0.25, -0.2) is 9.97 Å². The van der Waals surface area contributed by atoms with Gasteiger partial charge in [-0.1, -0.05) is 13.8 Å². The van der Waals surface area contributed by atoms with Gasteiger partial charge in [0.15, 0.2) is 0 Å². The fourth-order valence-electron chi connectivity index (χ4n) is 1.29. The van der Waals surface area contributed by atoms with E-state index in [2.05, 4.69) is 41.1 Å². The SMILES string of the molecule is CSc1cc(N(C)CCNC(C)C)ncn1. The van der Waals surface area contributed by atoms with Crippen LogP contribution in [0.15, 0.2) is 17.4 Å². The number of nitrogens with zero attached hydrogens (tertiary/aromatic N) is 3. The van der Waals surface area contributed by atoms with E-state index < -0.39 is 0 Å². The molecule has 0 aliphatic rings. The van der Waals surface area contributed by atoms with Gasteiger partial charge in [0.05, 0.1) is 0 Å². The fraction of sp³-hybridized carbons (Fsp3) is 0.636. The summed E-state index contributed by atoms with van der Waals surface area (Å²) in [6.07, 6.45) is 3.64. The number of hydrogen-bond donors (Lipinski definition) is 1. The van der Waals surface area contributed by atoms with Gasteiger partial charge < -0.3 is 10.2 Å². The topological polar surface area (TPSA) is 41.0 Å². The average Bonchev–Trinajstić information content (AvgIpc) is 2.28. The van der Waals surface area contributed by atoms with E-state index >= 15 is 0 Å². The Labute approximate surface area is 102 Å². The maximum Gasteiger partial charge on any atom is 0.132 e. The zero-order valence-electron chi connectivity index (χ0n) is 10.4. The standard InChI is InChI=1S/C11H20N4S/c1-9(2)12-5-6-15(3)10-7-11(16-4)14-8-13-10/h7-9,12H,5-6H2,1-4H3. The summed E-state index contributed by atoms with van der Waals surface area (Å²) in [5.74, 6) is 0.977. The van der Waals surface area contributed by atoms with Gasteiger partial charge in [-0.15, -0.1) is 11.8 Å². The molecule has 5 heteroatoms. The van der Waals surface area contributed by atoms with Crippen LogP contribution in [0.25, 0.3) is 0 Å². The van der Waals surface area contributed by atoms with Gasteiger partial charge in [-0.05, 0) is 6.26 Å².